The maximum absolute atomic E-state index is 12.0. The van der Waals surface area contributed by atoms with Crippen LogP contribution in [0.15, 0.2) is 59.4 Å². The zero-order valence-corrected chi connectivity index (χ0v) is 10.8. The molecular weight excluding hydrogens is 256 g/mol. The number of hydrogen-bond acceptors (Lipinski definition) is 4. The van der Waals surface area contributed by atoms with Crippen molar-refractivity contribution in [3.63, 3.8) is 0 Å². The normalized spacial score (nSPS) is 16.3. The van der Waals surface area contributed by atoms with E-state index in [9.17, 15) is 10.0 Å². The molecule has 5 nitrogen and oxygen atoms in total. The SMILES string of the molecule is COc1ccc2c(c1)=C(C=C1C=CN(O)C=C1)C(=O)N=2. The summed E-state index contributed by atoms with van der Waals surface area (Å²) in [5.41, 5.74) is 1.33. The van der Waals surface area contributed by atoms with Crippen LogP contribution in [0.3, 0.4) is 0 Å². The van der Waals surface area contributed by atoms with Gasteiger partial charge in [-0.15, -0.1) is 0 Å². The van der Waals surface area contributed by atoms with E-state index < -0.39 is 0 Å². The highest BCUT2D eigenvalue weighted by Gasteiger charge is 2.15. The topological polar surface area (TPSA) is 62.1 Å². The van der Waals surface area contributed by atoms with Gasteiger partial charge in [0.2, 0.25) is 0 Å². The van der Waals surface area contributed by atoms with Crippen molar-refractivity contribution in [3.8, 4) is 5.75 Å². The summed E-state index contributed by atoms with van der Waals surface area (Å²) in [6, 6.07) is 5.33. The van der Waals surface area contributed by atoms with Crippen LogP contribution in [0.4, 0.5) is 0 Å². The summed E-state index contributed by atoms with van der Waals surface area (Å²) in [7, 11) is 1.58. The molecule has 1 aromatic carbocycles. The Labute approximate surface area is 115 Å². The summed E-state index contributed by atoms with van der Waals surface area (Å²) >= 11 is 0. The van der Waals surface area contributed by atoms with Crippen molar-refractivity contribution in [1.29, 1.82) is 0 Å². The molecule has 3 rings (SSSR count). The molecule has 2 heterocycles. The van der Waals surface area contributed by atoms with Gasteiger partial charge in [-0.05, 0) is 42.0 Å². The number of ether oxygens (including phenoxy) is 1. The Morgan fingerprint density at radius 3 is 2.75 bits per heavy atom. The van der Waals surface area contributed by atoms with E-state index in [-0.39, 0.29) is 5.91 Å². The monoisotopic (exact) mass is 268 g/mol. The lowest BCUT2D eigenvalue weighted by Gasteiger charge is -2.09. The molecule has 0 saturated carbocycles. The summed E-state index contributed by atoms with van der Waals surface area (Å²) in [5, 5.41) is 11.5. The number of amides is 1. The Morgan fingerprint density at radius 2 is 2.05 bits per heavy atom. The van der Waals surface area contributed by atoms with Crippen LogP contribution in [0, 0.1) is 0 Å². The average molecular weight is 268 g/mol. The van der Waals surface area contributed by atoms with Gasteiger partial charge in [-0.25, -0.2) is 10.1 Å². The number of carbonyl (C=O) groups is 1. The lowest BCUT2D eigenvalue weighted by molar-refractivity contribution is -0.112. The predicted octanol–water partition coefficient (Wildman–Crippen LogP) is 0.664. The Bertz CT molecular complexity index is 772. The van der Waals surface area contributed by atoms with Gasteiger partial charge in [0.25, 0.3) is 5.91 Å². The Morgan fingerprint density at radius 1 is 1.30 bits per heavy atom. The number of fused-ring (bicyclic) bond motifs is 1. The number of allylic oxidation sites excluding steroid dienone is 3. The van der Waals surface area contributed by atoms with Crippen molar-refractivity contribution in [3.05, 3.63) is 65.0 Å². The third-order valence-corrected chi connectivity index (χ3v) is 3.10. The molecule has 20 heavy (non-hydrogen) atoms. The molecule has 100 valence electrons. The molecular formula is C15H12N2O3. The lowest BCUT2D eigenvalue weighted by Crippen LogP contribution is -2.22. The summed E-state index contributed by atoms with van der Waals surface area (Å²) in [5.74, 6) is 0.412. The highest BCUT2D eigenvalue weighted by molar-refractivity contribution is 6.19. The second-order valence-electron chi connectivity index (χ2n) is 4.37. The van der Waals surface area contributed by atoms with Crippen LogP contribution in [0.1, 0.15) is 0 Å². The predicted molar refractivity (Wildman–Crippen MR) is 72.2 cm³/mol. The summed E-state index contributed by atoms with van der Waals surface area (Å²) in [4.78, 5) is 16.0. The molecule has 0 spiro atoms. The Balaban J connectivity index is 2.14. The van der Waals surface area contributed by atoms with Crippen LogP contribution in [0.5, 0.6) is 5.75 Å². The van der Waals surface area contributed by atoms with Crippen molar-refractivity contribution < 1.29 is 14.7 Å². The summed E-state index contributed by atoms with van der Waals surface area (Å²) < 4.78 is 5.17. The smallest absolute Gasteiger partial charge is 0.278 e. The minimum atomic E-state index is -0.269. The van der Waals surface area contributed by atoms with E-state index in [0.29, 0.717) is 16.7 Å². The quantitative estimate of drug-likeness (QED) is 0.856. The second-order valence-corrected chi connectivity index (χ2v) is 4.37. The third-order valence-electron chi connectivity index (χ3n) is 3.10. The van der Waals surface area contributed by atoms with Crippen molar-refractivity contribution in [1.82, 2.24) is 5.06 Å². The number of hydroxylamine groups is 2. The molecule has 2 aliphatic rings. The number of carbonyl (C=O) groups excluding carboxylic acids is 1. The summed E-state index contributed by atoms with van der Waals surface area (Å²) in [6.07, 6.45) is 8.15. The van der Waals surface area contributed by atoms with Crippen LogP contribution in [-0.2, 0) is 4.79 Å². The van der Waals surface area contributed by atoms with Crippen LogP contribution < -0.4 is 15.3 Å². The molecule has 0 aromatic heterocycles. The molecule has 0 radical (unpaired) electrons. The number of methoxy groups -OCH3 is 1. The summed E-state index contributed by atoms with van der Waals surface area (Å²) in [6.45, 7) is 0. The van der Waals surface area contributed by atoms with Crippen LogP contribution in [0.2, 0.25) is 0 Å². The Hall–Kier alpha value is -2.66. The van der Waals surface area contributed by atoms with Crippen molar-refractivity contribution in [2.24, 2.45) is 4.99 Å². The maximum Gasteiger partial charge on any atom is 0.278 e. The third kappa shape index (κ3) is 2.15. The van der Waals surface area contributed by atoms with Crippen molar-refractivity contribution in [2.75, 3.05) is 7.11 Å². The molecule has 0 bridgehead atoms. The van der Waals surface area contributed by atoms with Crippen molar-refractivity contribution >= 4 is 11.5 Å². The van der Waals surface area contributed by atoms with Crippen LogP contribution in [-0.4, -0.2) is 23.3 Å². The van der Waals surface area contributed by atoms with Gasteiger partial charge >= 0.3 is 0 Å². The minimum Gasteiger partial charge on any atom is -0.497 e. The van der Waals surface area contributed by atoms with Gasteiger partial charge in [0.15, 0.2) is 0 Å². The van der Waals surface area contributed by atoms with Crippen molar-refractivity contribution in [2.45, 2.75) is 0 Å². The molecule has 5 heteroatoms. The molecule has 0 fully saturated rings. The molecule has 1 amide bonds. The fourth-order valence-electron chi connectivity index (χ4n) is 2.07. The van der Waals surface area contributed by atoms with Gasteiger partial charge in [-0.1, -0.05) is 0 Å². The van der Waals surface area contributed by atoms with Crippen LogP contribution >= 0.6 is 0 Å². The number of rotatable bonds is 2. The van der Waals surface area contributed by atoms with Gasteiger partial charge < -0.3 is 4.74 Å². The minimum absolute atomic E-state index is 0.269. The van der Waals surface area contributed by atoms with Gasteiger partial charge in [0.05, 0.1) is 18.0 Å². The van der Waals surface area contributed by atoms with Crippen LogP contribution in [0.25, 0.3) is 5.57 Å². The second kappa shape index (κ2) is 4.79. The number of benzene rings is 1. The molecule has 1 aromatic rings. The van der Waals surface area contributed by atoms with E-state index in [1.807, 2.05) is 0 Å². The highest BCUT2D eigenvalue weighted by Crippen LogP contribution is 2.14. The van der Waals surface area contributed by atoms with Gasteiger partial charge in [-0.3, -0.25) is 10.0 Å². The first-order valence-corrected chi connectivity index (χ1v) is 6.04. The molecule has 1 N–H and O–H groups in total. The largest absolute Gasteiger partial charge is 0.497 e. The molecule has 0 unspecified atom stereocenters. The number of nitrogens with zero attached hydrogens (tertiary/aromatic N) is 2. The standard InChI is InChI=1S/C15H12N2O3/c1-20-11-2-3-14-12(9-11)13(15(18)16-14)8-10-4-6-17(19)7-5-10/h2-9,19H,1H3. The fraction of sp³-hybridized carbons (Fsp3) is 0.0667. The first-order chi connectivity index (χ1) is 9.67. The molecule has 2 aliphatic heterocycles. The number of hydrogen-bond donors (Lipinski definition) is 1. The van der Waals surface area contributed by atoms with E-state index in [1.165, 1.54) is 12.4 Å². The van der Waals surface area contributed by atoms with Gasteiger partial charge in [0, 0.05) is 17.6 Å². The van der Waals surface area contributed by atoms with E-state index >= 15 is 0 Å². The molecule has 0 atom stereocenters. The molecule has 0 aliphatic carbocycles. The van der Waals surface area contributed by atoms with E-state index in [4.69, 9.17) is 4.74 Å². The Kier molecular flexibility index (Phi) is 2.96. The lowest BCUT2D eigenvalue weighted by atomic mass is 10.1. The van der Waals surface area contributed by atoms with E-state index in [1.54, 1.807) is 43.5 Å². The molecule has 0 saturated heterocycles. The highest BCUT2D eigenvalue weighted by atomic mass is 16.5. The van der Waals surface area contributed by atoms with Gasteiger partial charge in [0.1, 0.15) is 5.75 Å². The van der Waals surface area contributed by atoms with Gasteiger partial charge in [-0.2, -0.15) is 0 Å². The maximum atomic E-state index is 12.0. The zero-order chi connectivity index (χ0) is 14.1. The van der Waals surface area contributed by atoms with E-state index in [0.717, 1.165) is 15.9 Å². The fourth-order valence-corrected chi connectivity index (χ4v) is 2.07. The van der Waals surface area contributed by atoms with E-state index in [2.05, 4.69) is 4.99 Å². The first-order valence-electron chi connectivity index (χ1n) is 6.04. The first kappa shape index (κ1) is 12.4. The average Bonchev–Trinajstić information content (AvgIpc) is 2.77. The zero-order valence-electron chi connectivity index (χ0n) is 10.8.